The molecule has 1 aliphatic carbocycles. The lowest BCUT2D eigenvalue weighted by Crippen LogP contribution is -2.33. The Balaban J connectivity index is 1.51. The molecule has 2 amide bonds. The Morgan fingerprint density at radius 1 is 1.22 bits per heavy atom. The van der Waals surface area contributed by atoms with E-state index < -0.39 is 0 Å². The molecule has 6 heteroatoms. The quantitative estimate of drug-likeness (QED) is 0.807. The molecule has 0 unspecified atom stereocenters. The van der Waals surface area contributed by atoms with Crippen LogP contribution in [0.3, 0.4) is 0 Å². The van der Waals surface area contributed by atoms with Crippen LogP contribution in [0.5, 0.6) is 0 Å². The SMILES string of the molecule is C[C@@H]1C[C@H]1C(=O)NCCC(=O)NC(c1cccs1)c1cccs1. The Labute approximate surface area is 143 Å². The fourth-order valence-corrected chi connectivity index (χ4v) is 4.21. The van der Waals surface area contributed by atoms with Crippen LogP contribution in [-0.4, -0.2) is 18.4 Å². The molecule has 122 valence electrons. The normalized spacial score (nSPS) is 19.6. The molecule has 0 saturated heterocycles. The average Bonchev–Trinajstić information content (AvgIpc) is 3.01. The van der Waals surface area contributed by atoms with Crippen molar-refractivity contribution >= 4 is 34.5 Å². The Morgan fingerprint density at radius 2 is 1.83 bits per heavy atom. The molecule has 0 spiro atoms. The third kappa shape index (κ3) is 4.20. The molecular formula is C17H20N2O2S2. The van der Waals surface area contributed by atoms with Crippen LogP contribution in [0.15, 0.2) is 35.0 Å². The number of carbonyl (C=O) groups is 2. The van der Waals surface area contributed by atoms with Gasteiger partial charge in [-0.15, -0.1) is 22.7 Å². The number of amides is 2. The van der Waals surface area contributed by atoms with Crippen molar-refractivity contribution < 1.29 is 9.59 Å². The first-order chi connectivity index (χ1) is 11.1. The van der Waals surface area contributed by atoms with Gasteiger partial charge in [-0.25, -0.2) is 0 Å². The van der Waals surface area contributed by atoms with Gasteiger partial charge in [0.1, 0.15) is 0 Å². The molecule has 2 N–H and O–H groups in total. The van der Waals surface area contributed by atoms with E-state index in [0.717, 1.165) is 16.2 Å². The molecule has 0 bridgehead atoms. The highest BCUT2D eigenvalue weighted by molar-refractivity contribution is 7.11. The first kappa shape index (κ1) is 16.2. The summed E-state index contributed by atoms with van der Waals surface area (Å²) in [5.74, 6) is 0.688. The monoisotopic (exact) mass is 348 g/mol. The van der Waals surface area contributed by atoms with Gasteiger partial charge >= 0.3 is 0 Å². The highest BCUT2D eigenvalue weighted by atomic mass is 32.1. The van der Waals surface area contributed by atoms with Crippen molar-refractivity contribution in [1.29, 1.82) is 0 Å². The third-order valence-electron chi connectivity index (χ3n) is 4.06. The van der Waals surface area contributed by atoms with Crippen LogP contribution in [0.1, 0.15) is 35.6 Å². The number of rotatable bonds is 7. The molecule has 3 rings (SSSR count). The van der Waals surface area contributed by atoms with Crippen LogP contribution >= 0.6 is 22.7 Å². The lowest BCUT2D eigenvalue weighted by Gasteiger charge is -2.16. The van der Waals surface area contributed by atoms with Gasteiger partial charge in [0, 0.05) is 28.6 Å². The number of carbonyl (C=O) groups excluding carboxylic acids is 2. The molecule has 1 saturated carbocycles. The Kier molecular flexibility index (Phi) is 5.13. The van der Waals surface area contributed by atoms with Gasteiger partial charge in [0.2, 0.25) is 11.8 Å². The molecule has 2 heterocycles. The van der Waals surface area contributed by atoms with Gasteiger partial charge in [-0.1, -0.05) is 19.1 Å². The summed E-state index contributed by atoms with van der Waals surface area (Å²) >= 11 is 3.27. The van der Waals surface area contributed by atoms with Gasteiger partial charge in [0.15, 0.2) is 0 Å². The van der Waals surface area contributed by atoms with E-state index >= 15 is 0 Å². The second-order valence-corrected chi connectivity index (χ2v) is 7.85. The molecule has 2 atom stereocenters. The number of hydrogen-bond donors (Lipinski definition) is 2. The van der Waals surface area contributed by atoms with Gasteiger partial charge in [0.25, 0.3) is 0 Å². The van der Waals surface area contributed by atoms with Gasteiger partial charge in [-0.2, -0.15) is 0 Å². The molecule has 2 aromatic rings. The predicted octanol–water partition coefficient (Wildman–Crippen LogP) is 3.18. The Bertz CT molecular complexity index is 618. The lowest BCUT2D eigenvalue weighted by molar-refractivity contribution is -0.123. The molecule has 1 fully saturated rings. The summed E-state index contributed by atoms with van der Waals surface area (Å²) in [5, 5.41) is 9.96. The largest absolute Gasteiger partial charge is 0.355 e. The number of hydrogen-bond acceptors (Lipinski definition) is 4. The van der Waals surface area contributed by atoms with E-state index in [4.69, 9.17) is 0 Å². The maximum Gasteiger partial charge on any atom is 0.223 e. The van der Waals surface area contributed by atoms with Crippen molar-refractivity contribution in [1.82, 2.24) is 10.6 Å². The second-order valence-electron chi connectivity index (χ2n) is 5.89. The summed E-state index contributed by atoms with van der Waals surface area (Å²) in [6.07, 6.45) is 1.27. The molecule has 4 nitrogen and oxygen atoms in total. The third-order valence-corrected chi connectivity index (χ3v) is 5.93. The topological polar surface area (TPSA) is 58.2 Å². The number of thiophene rings is 2. The average molecular weight is 348 g/mol. The van der Waals surface area contributed by atoms with Gasteiger partial charge in [-0.3, -0.25) is 9.59 Å². The van der Waals surface area contributed by atoms with Crippen LogP contribution in [0.4, 0.5) is 0 Å². The first-order valence-corrected chi connectivity index (χ1v) is 9.55. The number of nitrogens with one attached hydrogen (secondary N) is 2. The minimum atomic E-state index is -0.0957. The van der Waals surface area contributed by atoms with E-state index in [2.05, 4.69) is 17.6 Å². The minimum Gasteiger partial charge on any atom is -0.355 e. The zero-order chi connectivity index (χ0) is 16.2. The maximum absolute atomic E-state index is 12.2. The van der Waals surface area contributed by atoms with E-state index in [0.29, 0.717) is 18.9 Å². The summed E-state index contributed by atoms with van der Waals surface area (Å²) < 4.78 is 0. The highest BCUT2D eigenvalue weighted by Crippen LogP contribution is 2.37. The minimum absolute atomic E-state index is 0.0408. The van der Waals surface area contributed by atoms with Crippen molar-refractivity contribution in [2.75, 3.05) is 6.54 Å². The molecule has 0 aromatic carbocycles. The van der Waals surface area contributed by atoms with E-state index in [1.165, 1.54) is 0 Å². The summed E-state index contributed by atoms with van der Waals surface area (Å²) in [7, 11) is 0. The van der Waals surface area contributed by atoms with Crippen LogP contribution < -0.4 is 10.6 Å². The van der Waals surface area contributed by atoms with E-state index in [1.54, 1.807) is 22.7 Å². The van der Waals surface area contributed by atoms with Gasteiger partial charge in [-0.05, 0) is 35.2 Å². The fraction of sp³-hybridized carbons (Fsp3) is 0.412. The molecule has 0 radical (unpaired) electrons. The van der Waals surface area contributed by atoms with Crippen molar-refractivity contribution in [3.8, 4) is 0 Å². The van der Waals surface area contributed by atoms with Crippen molar-refractivity contribution in [2.45, 2.75) is 25.8 Å². The van der Waals surface area contributed by atoms with Crippen molar-refractivity contribution in [3.05, 3.63) is 44.8 Å². The highest BCUT2D eigenvalue weighted by Gasteiger charge is 2.38. The molecule has 0 aliphatic heterocycles. The van der Waals surface area contributed by atoms with E-state index in [1.807, 2.05) is 35.0 Å². The zero-order valence-electron chi connectivity index (χ0n) is 13.0. The summed E-state index contributed by atoms with van der Waals surface area (Å²) in [5.41, 5.74) is 0. The van der Waals surface area contributed by atoms with Crippen LogP contribution in [0.2, 0.25) is 0 Å². The summed E-state index contributed by atoms with van der Waals surface area (Å²) in [6.45, 7) is 2.47. The first-order valence-electron chi connectivity index (χ1n) is 7.79. The van der Waals surface area contributed by atoms with Gasteiger partial charge < -0.3 is 10.6 Å². The van der Waals surface area contributed by atoms with E-state index in [-0.39, 0.29) is 23.8 Å². The van der Waals surface area contributed by atoms with Crippen molar-refractivity contribution in [3.63, 3.8) is 0 Å². The predicted molar refractivity (Wildman–Crippen MR) is 93.5 cm³/mol. The summed E-state index contributed by atoms with van der Waals surface area (Å²) in [6, 6.07) is 7.95. The maximum atomic E-state index is 12.2. The zero-order valence-corrected chi connectivity index (χ0v) is 14.6. The fourth-order valence-electron chi connectivity index (χ4n) is 2.54. The van der Waals surface area contributed by atoms with Gasteiger partial charge in [0.05, 0.1) is 6.04 Å². The van der Waals surface area contributed by atoms with Crippen molar-refractivity contribution in [2.24, 2.45) is 11.8 Å². The van der Waals surface area contributed by atoms with Crippen LogP contribution in [0, 0.1) is 11.8 Å². The second kappa shape index (κ2) is 7.27. The lowest BCUT2D eigenvalue weighted by atomic mass is 10.2. The molecule has 2 aromatic heterocycles. The van der Waals surface area contributed by atoms with E-state index in [9.17, 15) is 9.59 Å². The van der Waals surface area contributed by atoms with Crippen LogP contribution in [0.25, 0.3) is 0 Å². The molecule has 23 heavy (non-hydrogen) atoms. The Hall–Kier alpha value is -1.66. The summed E-state index contributed by atoms with van der Waals surface area (Å²) in [4.78, 5) is 26.2. The molecule has 1 aliphatic rings. The van der Waals surface area contributed by atoms with Crippen LogP contribution in [-0.2, 0) is 9.59 Å². The standard InChI is InChI=1S/C17H20N2O2S2/c1-11-10-12(11)17(21)18-7-6-15(20)19-16(13-4-2-8-22-13)14-5-3-9-23-14/h2-5,8-9,11-12,16H,6-7,10H2,1H3,(H,18,21)(H,19,20)/t11-,12-/m1/s1. The molecular weight excluding hydrogens is 328 g/mol. The Morgan fingerprint density at radius 3 is 2.30 bits per heavy atom. The smallest absolute Gasteiger partial charge is 0.223 e.